The summed E-state index contributed by atoms with van der Waals surface area (Å²) in [5, 5.41) is 22.2. The Bertz CT molecular complexity index is 1090. The van der Waals surface area contributed by atoms with E-state index in [2.05, 4.69) is 0 Å². The highest BCUT2D eigenvalue weighted by Crippen LogP contribution is 2.42. The van der Waals surface area contributed by atoms with Crippen molar-refractivity contribution in [3.05, 3.63) is 75.3 Å². The molecule has 1 heterocycles. The molecule has 1 fully saturated rings. The topological polar surface area (TPSA) is 119 Å². The number of amides is 1. The molecule has 9 nitrogen and oxygen atoms in total. The number of carbonyl (C=O) groups is 2. The lowest BCUT2D eigenvalue weighted by Crippen LogP contribution is -2.31. The van der Waals surface area contributed by atoms with Gasteiger partial charge in [-0.3, -0.25) is 19.7 Å². The van der Waals surface area contributed by atoms with Gasteiger partial charge in [-0.15, -0.1) is 0 Å². The number of carbonyl (C=O) groups excluding carboxylic acids is 2. The van der Waals surface area contributed by atoms with E-state index in [4.69, 9.17) is 9.47 Å². The molecule has 1 saturated heterocycles. The van der Waals surface area contributed by atoms with Crippen LogP contribution in [0.3, 0.4) is 0 Å². The van der Waals surface area contributed by atoms with E-state index in [9.17, 15) is 24.8 Å². The highest BCUT2D eigenvalue weighted by atomic mass is 16.6. The Balaban J connectivity index is 2.11. The van der Waals surface area contributed by atoms with Crippen LogP contribution in [0.1, 0.15) is 37.4 Å². The highest BCUT2D eigenvalue weighted by Gasteiger charge is 2.46. The van der Waals surface area contributed by atoms with E-state index < -0.39 is 28.4 Å². The van der Waals surface area contributed by atoms with E-state index in [1.807, 2.05) is 13.8 Å². The van der Waals surface area contributed by atoms with Crippen molar-refractivity contribution in [2.24, 2.45) is 0 Å². The average Bonchev–Trinajstić information content (AvgIpc) is 3.06. The van der Waals surface area contributed by atoms with Gasteiger partial charge in [0.05, 0.1) is 29.8 Å². The minimum atomic E-state index is -0.917. The Morgan fingerprint density at radius 1 is 1.18 bits per heavy atom. The first-order chi connectivity index (χ1) is 15.8. The van der Waals surface area contributed by atoms with Gasteiger partial charge >= 0.3 is 0 Å². The number of aliphatic hydroxyl groups is 1. The average molecular weight is 454 g/mol. The lowest BCUT2D eigenvalue weighted by molar-refractivity contribution is -0.384. The van der Waals surface area contributed by atoms with E-state index in [-0.39, 0.29) is 29.5 Å². The van der Waals surface area contributed by atoms with Gasteiger partial charge in [0.25, 0.3) is 17.4 Å². The van der Waals surface area contributed by atoms with Crippen molar-refractivity contribution in [3.63, 3.8) is 0 Å². The quantitative estimate of drug-likeness (QED) is 0.153. The Morgan fingerprint density at radius 3 is 2.58 bits per heavy atom. The van der Waals surface area contributed by atoms with Crippen LogP contribution in [0.2, 0.25) is 0 Å². The predicted molar refractivity (Wildman–Crippen MR) is 121 cm³/mol. The van der Waals surface area contributed by atoms with Crippen LogP contribution in [0.15, 0.2) is 54.1 Å². The van der Waals surface area contributed by atoms with Crippen molar-refractivity contribution in [1.29, 1.82) is 0 Å². The van der Waals surface area contributed by atoms with Gasteiger partial charge in [-0.25, -0.2) is 0 Å². The molecule has 0 radical (unpaired) electrons. The fourth-order valence-electron chi connectivity index (χ4n) is 3.80. The van der Waals surface area contributed by atoms with Crippen molar-refractivity contribution in [3.8, 4) is 5.75 Å². The summed E-state index contributed by atoms with van der Waals surface area (Å²) >= 11 is 0. The molecule has 0 aliphatic carbocycles. The van der Waals surface area contributed by atoms with Gasteiger partial charge in [-0.05, 0) is 26.3 Å². The van der Waals surface area contributed by atoms with Gasteiger partial charge in [0, 0.05) is 36.4 Å². The van der Waals surface area contributed by atoms with E-state index >= 15 is 0 Å². The normalized spacial score (nSPS) is 17.6. The molecule has 33 heavy (non-hydrogen) atoms. The molecular weight excluding hydrogens is 428 g/mol. The Morgan fingerprint density at radius 2 is 1.91 bits per heavy atom. The number of ketones is 1. The highest BCUT2D eigenvalue weighted by molar-refractivity contribution is 6.46. The fourth-order valence-corrected chi connectivity index (χ4v) is 3.80. The van der Waals surface area contributed by atoms with Crippen LogP contribution < -0.4 is 4.74 Å². The Hall–Kier alpha value is -3.72. The van der Waals surface area contributed by atoms with Crippen LogP contribution in [0.4, 0.5) is 5.69 Å². The number of Topliss-reactive ketones (excluding diaryl/α,β-unsaturated/α-hetero) is 1. The van der Waals surface area contributed by atoms with Crippen molar-refractivity contribution >= 4 is 23.1 Å². The lowest BCUT2D eigenvalue weighted by Gasteiger charge is -2.26. The second kappa shape index (κ2) is 10.3. The number of rotatable bonds is 9. The summed E-state index contributed by atoms with van der Waals surface area (Å²) in [6, 6.07) is 11.3. The number of benzene rings is 2. The van der Waals surface area contributed by atoms with Crippen molar-refractivity contribution < 1.29 is 29.1 Å². The van der Waals surface area contributed by atoms with Crippen LogP contribution >= 0.6 is 0 Å². The Labute approximate surface area is 191 Å². The second-order valence-electron chi connectivity index (χ2n) is 7.81. The number of nitro benzene ring substituents is 1. The molecule has 0 aromatic heterocycles. The maximum absolute atomic E-state index is 13.1. The molecule has 1 N–H and O–H groups in total. The third-order valence-electron chi connectivity index (χ3n) is 5.30. The number of hydrogen-bond donors (Lipinski definition) is 1. The number of non-ortho nitro benzene ring substituents is 1. The molecule has 0 unspecified atom stereocenters. The summed E-state index contributed by atoms with van der Waals surface area (Å²) in [6.07, 6.45) is 0.507. The Kier molecular flexibility index (Phi) is 7.44. The van der Waals surface area contributed by atoms with E-state index in [1.165, 1.54) is 36.3 Å². The molecule has 0 bridgehead atoms. The first-order valence-corrected chi connectivity index (χ1v) is 10.5. The number of nitrogens with zero attached hydrogens (tertiary/aromatic N) is 2. The molecule has 1 atom stereocenters. The molecule has 9 heteroatoms. The van der Waals surface area contributed by atoms with Crippen LogP contribution in [0.25, 0.3) is 5.76 Å². The molecule has 174 valence electrons. The number of ether oxygens (including phenoxy) is 2. The van der Waals surface area contributed by atoms with Crippen LogP contribution in [0, 0.1) is 10.1 Å². The van der Waals surface area contributed by atoms with Crippen molar-refractivity contribution in [1.82, 2.24) is 4.90 Å². The summed E-state index contributed by atoms with van der Waals surface area (Å²) in [5.74, 6) is -1.66. The van der Waals surface area contributed by atoms with Gasteiger partial charge in [-0.2, -0.15) is 0 Å². The standard InChI is InChI=1S/C24H26N2O7/c1-15(2)33-13-7-12-25-21(18-10-4-5-11-19(18)32-3)20(23(28)24(25)29)22(27)16-8-6-9-17(14-16)26(30)31/h4-6,8-11,14-15,21,27H,7,12-13H2,1-3H3/t21-/m0/s1. The number of para-hydroxylation sites is 1. The zero-order chi connectivity index (χ0) is 24.1. The van der Waals surface area contributed by atoms with Gasteiger partial charge in [-0.1, -0.05) is 30.3 Å². The fraction of sp³-hybridized carbons (Fsp3) is 0.333. The summed E-state index contributed by atoms with van der Waals surface area (Å²) in [4.78, 5) is 38.0. The third kappa shape index (κ3) is 5.04. The van der Waals surface area contributed by atoms with Gasteiger partial charge in [0.2, 0.25) is 0 Å². The third-order valence-corrected chi connectivity index (χ3v) is 5.30. The maximum atomic E-state index is 13.1. The molecule has 3 rings (SSSR count). The molecule has 1 aliphatic heterocycles. The summed E-state index contributed by atoms with van der Waals surface area (Å²) < 4.78 is 11.0. The van der Waals surface area contributed by atoms with Gasteiger partial charge < -0.3 is 19.5 Å². The molecular formula is C24H26N2O7. The van der Waals surface area contributed by atoms with E-state index in [1.54, 1.807) is 24.3 Å². The maximum Gasteiger partial charge on any atom is 0.295 e. The van der Waals surface area contributed by atoms with E-state index in [0.717, 1.165) is 0 Å². The first kappa shape index (κ1) is 23.9. The number of nitro groups is 1. The smallest absolute Gasteiger partial charge is 0.295 e. The van der Waals surface area contributed by atoms with Gasteiger partial charge in [0.1, 0.15) is 11.5 Å². The molecule has 1 amide bonds. The minimum Gasteiger partial charge on any atom is -0.507 e. The molecule has 2 aromatic carbocycles. The van der Waals surface area contributed by atoms with E-state index in [0.29, 0.717) is 24.3 Å². The van der Waals surface area contributed by atoms with Crippen molar-refractivity contribution in [2.75, 3.05) is 20.3 Å². The first-order valence-electron chi connectivity index (χ1n) is 10.5. The molecule has 1 aliphatic rings. The summed E-state index contributed by atoms with van der Waals surface area (Å²) in [7, 11) is 1.47. The molecule has 0 saturated carbocycles. The van der Waals surface area contributed by atoms with Crippen LogP contribution in [0.5, 0.6) is 5.75 Å². The summed E-state index contributed by atoms with van der Waals surface area (Å²) in [5.41, 5.74) is 0.212. The largest absolute Gasteiger partial charge is 0.507 e. The lowest BCUT2D eigenvalue weighted by atomic mass is 9.94. The number of hydrogen-bond acceptors (Lipinski definition) is 7. The van der Waals surface area contributed by atoms with Gasteiger partial charge in [0.15, 0.2) is 0 Å². The molecule has 0 spiro atoms. The molecule has 2 aromatic rings. The second-order valence-corrected chi connectivity index (χ2v) is 7.81. The summed E-state index contributed by atoms with van der Waals surface area (Å²) in [6.45, 7) is 4.41. The zero-order valence-corrected chi connectivity index (χ0v) is 18.7. The number of likely N-dealkylation sites (tertiary alicyclic amines) is 1. The number of aliphatic hydroxyl groups excluding tert-OH is 1. The minimum absolute atomic E-state index is 0.0271. The monoisotopic (exact) mass is 454 g/mol. The SMILES string of the molecule is COc1ccccc1[C@H]1C(=C(O)c2cccc([N+](=O)[O-])c2)C(=O)C(=O)N1CCCOC(C)C. The van der Waals surface area contributed by atoms with Crippen LogP contribution in [-0.4, -0.2) is 53.0 Å². The van der Waals surface area contributed by atoms with Crippen LogP contribution in [-0.2, 0) is 14.3 Å². The van der Waals surface area contributed by atoms with Crippen molar-refractivity contribution in [2.45, 2.75) is 32.4 Å². The number of methoxy groups -OCH3 is 1. The predicted octanol–water partition coefficient (Wildman–Crippen LogP) is 3.84. The zero-order valence-electron chi connectivity index (χ0n) is 18.7.